The van der Waals surface area contributed by atoms with Crippen molar-refractivity contribution in [3.05, 3.63) is 12.3 Å². The van der Waals surface area contributed by atoms with Gasteiger partial charge >= 0.3 is 0 Å². The monoisotopic (exact) mass is 113 g/mol. The van der Waals surface area contributed by atoms with Gasteiger partial charge in [0, 0.05) is 6.54 Å². The Morgan fingerprint density at radius 1 is 1.50 bits per heavy atom. The molecule has 0 unspecified atom stereocenters. The second-order valence-electron chi connectivity index (χ2n) is 2.16. The summed E-state index contributed by atoms with van der Waals surface area (Å²) in [6, 6.07) is 0. The number of nitrogens with one attached hydrogen (secondary N) is 1. The van der Waals surface area contributed by atoms with Crippen LogP contribution < -0.4 is 5.32 Å². The van der Waals surface area contributed by atoms with Crippen molar-refractivity contribution < 1.29 is 0 Å². The predicted molar refractivity (Wildman–Crippen MR) is 37.7 cm³/mol. The first kappa shape index (κ1) is 7.54. The molecule has 8 heavy (non-hydrogen) atoms. The molecular formula is C7H15N. The van der Waals surface area contributed by atoms with Crippen LogP contribution in [0.25, 0.3) is 0 Å². The van der Waals surface area contributed by atoms with Gasteiger partial charge in [0.25, 0.3) is 0 Å². The summed E-state index contributed by atoms with van der Waals surface area (Å²) >= 11 is 0. The van der Waals surface area contributed by atoms with Crippen LogP contribution >= 0.6 is 0 Å². The summed E-state index contributed by atoms with van der Waals surface area (Å²) in [5.41, 5.74) is 0. The van der Waals surface area contributed by atoms with Crippen molar-refractivity contribution in [2.24, 2.45) is 5.92 Å². The Morgan fingerprint density at radius 3 is 2.50 bits per heavy atom. The Hall–Kier alpha value is -0.460. The van der Waals surface area contributed by atoms with Gasteiger partial charge in [-0.25, -0.2) is 0 Å². The lowest BCUT2D eigenvalue weighted by Crippen LogP contribution is -2.01. The highest BCUT2D eigenvalue weighted by Crippen LogP contribution is 1.90. The lowest BCUT2D eigenvalue weighted by Gasteiger charge is -1.93. The van der Waals surface area contributed by atoms with Crippen molar-refractivity contribution >= 4 is 0 Å². The maximum Gasteiger partial charge on any atom is 0.0112 e. The fraction of sp³-hybridized carbons (Fsp3) is 0.714. The molecule has 0 fully saturated rings. The van der Waals surface area contributed by atoms with Crippen molar-refractivity contribution in [1.29, 1.82) is 0 Å². The summed E-state index contributed by atoms with van der Waals surface area (Å²) < 4.78 is 0. The molecule has 0 aromatic heterocycles. The highest BCUT2D eigenvalue weighted by atomic mass is 14.8. The van der Waals surface area contributed by atoms with Crippen LogP contribution in [0.15, 0.2) is 12.3 Å². The molecule has 0 aliphatic carbocycles. The van der Waals surface area contributed by atoms with E-state index < -0.39 is 0 Å². The summed E-state index contributed by atoms with van der Waals surface area (Å²) in [5, 5.41) is 3.10. The fourth-order valence-corrected chi connectivity index (χ4v) is 0.378. The van der Waals surface area contributed by atoms with Gasteiger partial charge in [0.2, 0.25) is 0 Å². The fourth-order valence-electron chi connectivity index (χ4n) is 0.378. The molecule has 0 saturated carbocycles. The number of allylic oxidation sites excluding steroid dienone is 1. The second-order valence-corrected chi connectivity index (χ2v) is 2.16. The van der Waals surface area contributed by atoms with Gasteiger partial charge in [0.15, 0.2) is 0 Å². The van der Waals surface area contributed by atoms with E-state index in [0.29, 0.717) is 5.92 Å². The van der Waals surface area contributed by atoms with Gasteiger partial charge in [-0.3, -0.25) is 0 Å². The zero-order valence-electron chi connectivity index (χ0n) is 5.94. The van der Waals surface area contributed by atoms with E-state index in [-0.39, 0.29) is 0 Å². The van der Waals surface area contributed by atoms with Gasteiger partial charge in [0.1, 0.15) is 0 Å². The van der Waals surface area contributed by atoms with E-state index in [4.69, 9.17) is 0 Å². The molecule has 0 aliphatic rings. The van der Waals surface area contributed by atoms with Crippen molar-refractivity contribution in [2.75, 3.05) is 6.54 Å². The van der Waals surface area contributed by atoms with Gasteiger partial charge < -0.3 is 5.32 Å². The van der Waals surface area contributed by atoms with Crippen LogP contribution in [0, 0.1) is 5.92 Å². The molecule has 0 aromatic rings. The van der Waals surface area contributed by atoms with Crippen LogP contribution in [0.1, 0.15) is 20.8 Å². The van der Waals surface area contributed by atoms with Gasteiger partial charge in [-0.15, -0.1) is 0 Å². The molecule has 0 atom stereocenters. The Morgan fingerprint density at radius 2 is 2.12 bits per heavy atom. The molecular weight excluding hydrogens is 98.1 g/mol. The van der Waals surface area contributed by atoms with Crippen LogP contribution in [0.3, 0.4) is 0 Å². The summed E-state index contributed by atoms with van der Waals surface area (Å²) in [4.78, 5) is 0. The second kappa shape index (κ2) is 4.69. The van der Waals surface area contributed by atoms with E-state index in [2.05, 4.69) is 32.2 Å². The molecule has 0 amide bonds. The molecule has 0 bridgehead atoms. The Balaban J connectivity index is 3.07. The van der Waals surface area contributed by atoms with Crippen LogP contribution in [0.5, 0.6) is 0 Å². The minimum atomic E-state index is 0.661. The van der Waals surface area contributed by atoms with Crippen LogP contribution in [-0.4, -0.2) is 6.54 Å². The smallest absolute Gasteiger partial charge is 0.0112 e. The first-order chi connectivity index (χ1) is 3.77. The minimum Gasteiger partial charge on any atom is -0.391 e. The topological polar surface area (TPSA) is 12.0 Å². The summed E-state index contributed by atoms with van der Waals surface area (Å²) in [6.45, 7) is 7.43. The number of rotatable bonds is 3. The molecule has 0 rings (SSSR count). The highest BCUT2D eigenvalue weighted by molar-refractivity contribution is 4.81. The maximum atomic E-state index is 3.10. The third-order valence-electron chi connectivity index (χ3n) is 0.803. The van der Waals surface area contributed by atoms with Gasteiger partial charge in [-0.1, -0.05) is 19.9 Å². The quantitative estimate of drug-likeness (QED) is 0.588. The molecule has 0 aliphatic heterocycles. The van der Waals surface area contributed by atoms with Gasteiger partial charge in [-0.05, 0) is 19.0 Å². The van der Waals surface area contributed by atoms with E-state index in [1.54, 1.807) is 0 Å². The minimum absolute atomic E-state index is 0.661. The van der Waals surface area contributed by atoms with Crippen LogP contribution in [-0.2, 0) is 0 Å². The molecule has 0 radical (unpaired) electrons. The molecule has 0 aromatic carbocycles. The summed E-state index contributed by atoms with van der Waals surface area (Å²) in [7, 11) is 0. The standard InChI is InChI=1S/C7H15N/c1-4-8-6-5-7(2)3/h5-8H,4H2,1-3H3/b6-5+. The lowest BCUT2D eigenvalue weighted by atomic mass is 10.2. The van der Waals surface area contributed by atoms with Gasteiger partial charge in [-0.2, -0.15) is 0 Å². The average molecular weight is 113 g/mol. The van der Waals surface area contributed by atoms with E-state index in [1.807, 2.05) is 6.20 Å². The number of hydrogen-bond acceptors (Lipinski definition) is 1. The normalized spacial score (nSPS) is 11.0. The van der Waals surface area contributed by atoms with Crippen molar-refractivity contribution in [2.45, 2.75) is 20.8 Å². The zero-order valence-corrected chi connectivity index (χ0v) is 5.94. The third-order valence-corrected chi connectivity index (χ3v) is 0.803. The summed E-state index contributed by atoms with van der Waals surface area (Å²) in [6.07, 6.45) is 4.15. The first-order valence-electron chi connectivity index (χ1n) is 3.17. The number of hydrogen-bond donors (Lipinski definition) is 1. The maximum absolute atomic E-state index is 3.10. The Kier molecular flexibility index (Phi) is 4.42. The summed E-state index contributed by atoms with van der Waals surface area (Å²) in [5.74, 6) is 0.661. The molecule has 1 nitrogen and oxygen atoms in total. The predicted octanol–water partition coefficient (Wildman–Crippen LogP) is 1.77. The molecule has 0 spiro atoms. The van der Waals surface area contributed by atoms with E-state index in [0.717, 1.165) is 6.54 Å². The van der Waals surface area contributed by atoms with Gasteiger partial charge in [0.05, 0.1) is 0 Å². The average Bonchev–Trinajstić information content (AvgIpc) is 1.66. The highest BCUT2D eigenvalue weighted by Gasteiger charge is 1.79. The molecule has 0 heterocycles. The molecule has 48 valence electrons. The van der Waals surface area contributed by atoms with Crippen molar-refractivity contribution in [1.82, 2.24) is 5.32 Å². The van der Waals surface area contributed by atoms with Crippen molar-refractivity contribution in [3.8, 4) is 0 Å². The Bertz CT molecular complexity index is 64.8. The largest absolute Gasteiger partial charge is 0.391 e. The van der Waals surface area contributed by atoms with Crippen molar-refractivity contribution in [3.63, 3.8) is 0 Å². The van der Waals surface area contributed by atoms with E-state index in [1.165, 1.54) is 0 Å². The van der Waals surface area contributed by atoms with E-state index in [9.17, 15) is 0 Å². The molecule has 1 N–H and O–H groups in total. The SMILES string of the molecule is CCN/C=C/C(C)C. The molecule has 1 heteroatoms. The first-order valence-corrected chi connectivity index (χ1v) is 3.17. The van der Waals surface area contributed by atoms with Crippen LogP contribution in [0.4, 0.5) is 0 Å². The van der Waals surface area contributed by atoms with Crippen LogP contribution in [0.2, 0.25) is 0 Å². The van der Waals surface area contributed by atoms with E-state index >= 15 is 0 Å². The Labute approximate surface area is 51.8 Å². The third kappa shape index (κ3) is 5.54. The lowest BCUT2D eigenvalue weighted by molar-refractivity contribution is 0.810. The molecule has 0 saturated heterocycles. The zero-order chi connectivity index (χ0) is 6.41.